The van der Waals surface area contributed by atoms with E-state index in [-0.39, 0.29) is 5.56 Å². The van der Waals surface area contributed by atoms with Crippen LogP contribution in [-0.2, 0) is 0 Å². The second kappa shape index (κ2) is 10.7. The van der Waals surface area contributed by atoms with Crippen LogP contribution in [0.2, 0.25) is 0 Å². The summed E-state index contributed by atoms with van der Waals surface area (Å²) in [5, 5.41) is 2.36. The van der Waals surface area contributed by atoms with Crippen molar-refractivity contribution in [2.45, 2.75) is 0 Å². The summed E-state index contributed by atoms with van der Waals surface area (Å²) < 4.78 is 27.1. The van der Waals surface area contributed by atoms with E-state index in [0.29, 0.717) is 28.7 Å². The molecule has 0 radical (unpaired) electrons. The van der Waals surface area contributed by atoms with E-state index >= 15 is 0 Å². The number of rotatable bonds is 8. The third-order valence-corrected chi connectivity index (χ3v) is 5.57. The van der Waals surface area contributed by atoms with Crippen molar-refractivity contribution in [1.82, 2.24) is 0 Å². The molecular weight excluding hydrogens is 444 g/mol. The minimum Gasteiger partial charge on any atom is -0.493 e. The minimum atomic E-state index is -0.582. The van der Waals surface area contributed by atoms with Gasteiger partial charge in [0.25, 0.3) is 0 Å². The van der Waals surface area contributed by atoms with Crippen LogP contribution in [0, 0.1) is 0 Å². The molecule has 0 aliphatic rings. The molecule has 0 spiro atoms. The molecule has 35 heavy (non-hydrogen) atoms. The summed E-state index contributed by atoms with van der Waals surface area (Å²) in [7, 11) is 6.00. The van der Waals surface area contributed by atoms with Crippen LogP contribution in [0.3, 0.4) is 0 Å². The highest BCUT2D eigenvalue weighted by Crippen LogP contribution is 2.39. The number of fused-ring (bicyclic) bond motifs is 1. The highest BCUT2D eigenvalue weighted by molar-refractivity contribution is 5.94. The summed E-state index contributed by atoms with van der Waals surface area (Å²) >= 11 is 0. The monoisotopic (exact) mass is 470 g/mol. The fourth-order valence-electron chi connectivity index (χ4n) is 3.81. The molecule has 0 N–H and O–H groups in total. The Morgan fingerprint density at radius 2 is 1.34 bits per heavy atom. The summed E-state index contributed by atoms with van der Waals surface area (Å²) in [5.74, 6) is 1.27. The zero-order valence-corrected chi connectivity index (χ0v) is 20.0. The molecule has 0 atom stereocenters. The molecule has 0 fully saturated rings. The fourth-order valence-corrected chi connectivity index (χ4v) is 3.81. The fraction of sp³-hybridized carbons (Fsp3) is 0.138. The van der Waals surface area contributed by atoms with Crippen molar-refractivity contribution in [2.75, 3.05) is 28.4 Å². The molecule has 0 saturated heterocycles. The number of carbonyl (C=O) groups is 1. The van der Waals surface area contributed by atoms with Crippen molar-refractivity contribution in [3.05, 3.63) is 89.5 Å². The molecular formula is C29H26O6. The normalized spacial score (nSPS) is 10.9. The lowest BCUT2D eigenvalue weighted by Gasteiger charge is -2.14. The molecule has 178 valence electrons. The predicted octanol–water partition coefficient (Wildman–Crippen LogP) is 6.26. The Morgan fingerprint density at radius 1 is 0.657 bits per heavy atom. The van der Waals surface area contributed by atoms with Crippen LogP contribution >= 0.6 is 0 Å². The third-order valence-electron chi connectivity index (χ3n) is 5.57. The molecule has 4 aromatic carbocycles. The van der Waals surface area contributed by atoms with Gasteiger partial charge in [0.15, 0.2) is 23.0 Å². The van der Waals surface area contributed by atoms with E-state index in [2.05, 4.69) is 30.3 Å². The number of hydrogen-bond donors (Lipinski definition) is 0. The first kappa shape index (κ1) is 23.7. The average Bonchev–Trinajstić information content (AvgIpc) is 2.91. The second-order valence-corrected chi connectivity index (χ2v) is 7.62. The van der Waals surface area contributed by atoms with Crippen LogP contribution in [0.25, 0.3) is 22.9 Å². The van der Waals surface area contributed by atoms with Gasteiger partial charge in [-0.25, -0.2) is 4.79 Å². The Balaban J connectivity index is 1.58. The van der Waals surface area contributed by atoms with Crippen LogP contribution in [0.4, 0.5) is 0 Å². The molecule has 0 saturated carbocycles. The molecule has 0 aliphatic heterocycles. The van der Waals surface area contributed by atoms with Crippen molar-refractivity contribution in [3.63, 3.8) is 0 Å². The van der Waals surface area contributed by atoms with Gasteiger partial charge in [-0.3, -0.25) is 0 Å². The minimum absolute atomic E-state index is 0.251. The van der Waals surface area contributed by atoms with E-state index in [1.165, 1.54) is 51.3 Å². The van der Waals surface area contributed by atoms with Gasteiger partial charge in [-0.2, -0.15) is 0 Å². The Kier molecular flexibility index (Phi) is 7.21. The molecule has 0 unspecified atom stereocenters. The summed E-state index contributed by atoms with van der Waals surface area (Å²) in [6.07, 6.45) is 4.05. The highest BCUT2D eigenvalue weighted by atomic mass is 16.6. The lowest BCUT2D eigenvalue weighted by atomic mass is 10.0. The van der Waals surface area contributed by atoms with E-state index in [1.54, 1.807) is 6.07 Å². The summed E-state index contributed by atoms with van der Waals surface area (Å²) in [4.78, 5) is 12.9. The largest absolute Gasteiger partial charge is 0.493 e. The van der Waals surface area contributed by atoms with Crippen LogP contribution in [0.1, 0.15) is 21.5 Å². The van der Waals surface area contributed by atoms with Gasteiger partial charge in [0, 0.05) is 0 Å². The molecule has 6 heteroatoms. The first-order valence-electron chi connectivity index (χ1n) is 10.9. The van der Waals surface area contributed by atoms with Gasteiger partial charge in [0.05, 0.1) is 34.0 Å². The Labute approximate surface area is 204 Å². The molecule has 4 aromatic rings. The van der Waals surface area contributed by atoms with E-state index in [1.807, 2.05) is 36.4 Å². The lowest BCUT2D eigenvalue weighted by Crippen LogP contribution is -2.10. The molecule has 0 aromatic heterocycles. The number of hydrogen-bond acceptors (Lipinski definition) is 6. The summed E-state index contributed by atoms with van der Waals surface area (Å²) in [6.45, 7) is 0. The second-order valence-electron chi connectivity index (χ2n) is 7.62. The van der Waals surface area contributed by atoms with E-state index < -0.39 is 5.97 Å². The van der Waals surface area contributed by atoms with E-state index in [0.717, 1.165) is 11.1 Å². The first-order valence-corrected chi connectivity index (χ1v) is 10.9. The molecule has 0 heterocycles. The van der Waals surface area contributed by atoms with Crippen molar-refractivity contribution < 1.29 is 28.5 Å². The van der Waals surface area contributed by atoms with Gasteiger partial charge in [-0.1, -0.05) is 60.7 Å². The number of benzene rings is 4. The predicted molar refractivity (Wildman–Crippen MR) is 137 cm³/mol. The quantitative estimate of drug-likeness (QED) is 0.172. The lowest BCUT2D eigenvalue weighted by molar-refractivity contribution is 0.0728. The average molecular weight is 471 g/mol. The number of ether oxygens (including phenoxy) is 5. The van der Waals surface area contributed by atoms with Crippen molar-refractivity contribution in [1.29, 1.82) is 0 Å². The third kappa shape index (κ3) is 5.06. The molecule has 0 amide bonds. The maximum atomic E-state index is 12.9. The van der Waals surface area contributed by atoms with Gasteiger partial charge < -0.3 is 23.7 Å². The van der Waals surface area contributed by atoms with Crippen molar-refractivity contribution in [3.8, 4) is 28.7 Å². The standard InChI is InChI=1S/C29H26O6/c1-31-25-16-19(12-14-21-10-7-9-20-8-5-6-11-23(20)21)13-15-24(25)35-29(30)22-17-26(32-2)28(34-4)27(18-22)33-3/h5-18H,1-4H3/b14-12+. The first-order chi connectivity index (χ1) is 17.1. The maximum absolute atomic E-state index is 12.9. The molecule has 0 aliphatic carbocycles. The van der Waals surface area contributed by atoms with Crippen molar-refractivity contribution in [2.24, 2.45) is 0 Å². The highest BCUT2D eigenvalue weighted by Gasteiger charge is 2.19. The molecule has 4 rings (SSSR count). The van der Waals surface area contributed by atoms with E-state index in [4.69, 9.17) is 23.7 Å². The van der Waals surface area contributed by atoms with Crippen LogP contribution < -0.4 is 23.7 Å². The maximum Gasteiger partial charge on any atom is 0.343 e. The Morgan fingerprint density at radius 3 is 2.03 bits per heavy atom. The van der Waals surface area contributed by atoms with E-state index in [9.17, 15) is 4.79 Å². The molecule has 6 nitrogen and oxygen atoms in total. The zero-order chi connectivity index (χ0) is 24.8. The topological polar surface area (TPSA) is 63.2 Å². The van der Waals surface area contributed by atoms with Gasteiger partial charge in [0.2, 0.25) is 5.75 Å². The number of methoxy groups -OCH3 is 4. The van der Waals surface area contributed by atoms with Crippen LogP contribution in [0.5, 0.6) is 28.7 Å². The number of carbonyl (C=O) groups excluding carboxylic acids is 1. The van der Waals surface area contributed by atoms with Crippen LogP contribution in [0.15, 0.2) is 72.8 Å². The van der Waals surface area contributed by atoms with Gasteiger partial charge in [-0.05, 0) is 46.2 Å². The number of esters is 1. The summed E-state index contributed by atoms with van der Waals surface area (Å²) in [5.41, 5.74) is 2.27. The SMILES string of the molecule is COc1cc(/C=C/c2cccc3ccccc23)ccc1OC(=O)c1cc(OC)c(OC)c(OC)c1. The van der Waals surface area contributed by atoms with Crippen LogP contribution in [-0.4, -0.2) is 34.4 Å². The Bertz CT molecular complexity index is 1360. The molecule has 0 bridgehead atoms. The van der Waals surface area contributed by atoms with Gasteiger partial charge in [0.1, 0.15) is 0 Å². The summed E-state index contributed by atoms with van der Waals surface area (Å²) in [6, 6.07) is 22.9. The zero-order valence-electron chi connectivity index (χ0n) is 20.0. The van der Waals surface area contributed by atoms with Gasteiger partial charge in [-0.15, -0.1) is 0 Å². The van der Waals surface area contributed by atoms with Crippen molar-refractivity contribution >= 4 is 28.9 Å². The van der Waals surface area contributed by atoms with Gasteiger partial charge >= 0.3 is 5.97 Å². The smallest absolute Gasteiger partial charge is 0.343 e. The Hall–Kier alpha value is -4.45.